The number of hydroxylamine groups is 2. The maximum atomic E-state index is 11.8. The van der Waals surface area contributed by atoms with Gasteiger partial charge < -0.3 is 4.79 Å². The molecular weight excluding hydrogens is 210 g/mol. The summed E-state index contributed by atoms with van der Waals surface area (Å²) in [5.74, 6) is -0.468. The van der Waals surface area contributed by atoms with Crippen molar-refractivity contribution < 1.29 is 19.2 Å². The summed E-state index contributed by atoms with van der Waals surface area (Å²) < 4.78 is 0. The van der Waals surface area contributed by atoms with E-state index in [0.717, 1.165) is 5.06 Å². The van der Waals surface area contributed by atoms with E-state index in [2.05, 4.69) is 0 Å². The van der Waals surface area contributed by atoms with Crippen LogP contribution in [0.15, 0.2) is 24.3 Å². The molecule has 0 bridgehead atoms. The molecule has 1 amide bonds. The van der Waals surface area contributed by atoms with Gasteiger partial charge in [-0.2, -0.15) is 0 Å². The summed E-state index contributed by atoms with van der Waals surface area (Å²) >= 11 is 0. The predicted octanol–water partition coefficient (Wildman–Crippen LogP) is 0.702. The van der Waals surface area contributed by atoms with Gasteiger partial charge in [0.15, 0.2) is 6.29 Å². The molecule has 0 N–H and O–H groups in total. The molecule has 5 nitrogen and oxygen atoms in total. The number of aldehydes is 2. The van der Waals surface area contributed by atoms with Gasteiger partial charge in [0.2, 0.25) is 0 Å². The lowest BCUT2D eigenvalue weighted by molar-refractivity contribution is -0.132. The van der Waals surface area contributed by atoms with Crippen LogP contribution in [0.5, 0.6) is 0 Å². The van der Waals surface area contributed by atoms with E-state index < -0.39 is 5.91 Å². The van der Waals surface area contributed by atoms with E-state index in [1.54, 1.807) is 12.1 Å². The standard InChI is InChI=1S/C11H11NO4/c1-12(16-7-6-13)11(15)10-5-3-2-4-9(10)8-14/h2-6,8H,7H2,1H3. The van der Waals surface area contributed by atoms with Crippen LogP contribution in [0.3, 0.4) is 0 Å². The third kappa shape index (κ3) is 2.74. The maximum absolute atomic E-state index is 11.8. The number of hydrogen-bond acceptors (Lipinski definition) is 4. The Morgan fingerprint density at radius 3 is 2.69 bits per heavy atom. The first-order valence-corrected chi connectivity index (χ1v) is 4.59. The Hall–Kier alpha value is -2.01. The second-order valence-electron chi connectivity index (χ2n) is 2.97. The van der Waals surface area contributed by atoms with Crippen LogP contribution < -0.4 is 0 Å². The lowest BCUT2D eigenvalue weighted by atomic mass is 10.1. The first-order valence-electron chi connectivity index (χ1n) is 4.59. The summed E-state index contributed by atoms with van der Waals surface area (Å²) in [6.45, 7) is -0.203. The van der Waals surface area contributed by atoms with Crippen LogP contribution in [-0.4, -0.2) is 37.2 Å². The molecular formula is C11H11NO4. The number of carbonyl (C=O) groups excluding carboxylic acids is 3. The highest BCUT2D eigenvalue weighted by molar-refractivity contribution is 6.00. The van der Waals surface area contributed by atoms with Crippen LogP contribution in [0.2, 0.25) is 0 Å². The molecule has 0 aliphatic heterocycles. The molecule has 0 atom stereocenters. The average molecular weight is 221 g/mol. The van der Waals surface area contributed by atoms with Crippen molar-refractivity contribution >= 4 is 18.5 Å². The summed E-state index contributed by atoms with van der Waals surface area (Å²) in [6.07, 6.45) is 1.14. The van der Waals surface area contributed by atoms with Crippen LogP contribution in [0.4, 0.5) is 0 Å². The van der Waals surface area contributed by atoms with Gasteiger partial charge in [-0.15, -0.1) is 0 Å². The summed E-state index contributed by atoms with van der Waals surface area (Å²) in [5.41, 5.74) is 0.528. The molecule has 0 radical (unpaired) electrons. The zero-order valence-electron chi connectivity index (χ0n) is 8.75. The van der Waals surface area contributed by atoms with Gasteiger partial charge >= 0.3 is 0 Å². The normalized spacial score (nSPS) is 9.56. The summed E-state index contributed by atoms with van der Waals surface area (Å²) in [4.78, 5) is 37.3. The number of nitrogens with zero attached hydrogens (tertiary/aromatic N) is 1. The topological polar surface area (TPSA) is 63.7 Å². The molecule has 0 fully saturated rings. The fourth-order valence-corrected chi connectivity index (χ4v) is 1.17. The number of rotatable bonds is 5. The van der Waals surface area contributed by atoms with E-state index in [-0.39, 0.29) is 17.7 Å². The highest BCUT2D eigenvalue weighted by Crippen LogP contribution is 2.09. The van der Waals surface area contributed by atoms with Crippen molar-refractivity contribution in [3.63, 3.8) is 0 Å². The lowest BCUT2D eigenvalue weighted by Crippen LogP contribution is -2.28. The largest absolute Gasteiger partial charge is 0.301 e. The van der Waals surface area contributed by atoms with Crippen molar-refractivity contribution in [2.45, 2.75) is 0 Å². The zero-order valence-corrected chi connectivity index (χ0v) is 8.75. The predicted molar refractivity (Wildman–Crippen MR) is 55.9 cm³/mol. The van der Waals surface area contributed by atoms with Gasteiger partial charge in [0.05, 0.1) is 5.56 Å². The molecule has 0 unspecified atom stereocenters. The van der Waals surface area contributed by atoms with Crippen molar-refractivity contribution in [1.82, 2.24) is 5.06 Å². The molecule has 5 heteroatoms. The maximum Gasteiger partial charge on any atom is 0.277 e. The van der Waals surface area contributed by atoms with Gasteiger partial charge in [0.25, 0.3) is 5.91 Å². The molecule has 0 spiro atoms. The lowest BCUT2D eigenvalue weighted by Gasteiger charge is -2.15. The number of benzene rings is 1. The van der Waals surface area contributed by atoms with Gasteiger partial charge in [-0.25, -0.2) is 5.06 Å². The molecule has 0 aliphatic rings. The van der Waals surface area contributed by atoms with Crippen molar-refractivity contribution in [2.75, 3.05) is 13.7 Å². The van der Waals surface area contributed by atoms with Crippen LogP contribution in [0.1, 0.15) is 20.7 Å². The molecule has 16 heavy (non-hydrogen) atoms. The molecule has 0 heterocycles. The fraction of sp³-hybridized carbons (Fsp3) is 0.182. The Balaban J connectivity index is 2.86. The van der Waals surface area contributed by atoms with Crippen molar-refractivity contribution in [3.8, 4) is 0 Å². The smallest absolute Gasteiger partial charge is 0.277 e. The number of carbonyl (C=O) groups is 3. The summed E-state index contributed by atoms with van der Waals surface area (Å²) in [6, 6.07) is 6.36. The molecule has 0 saturated carbocycles. The third-order valence-electron chi connectivity index (χ3n) is 1.94. The van der Waals surface area contributed by atoms with Crippen LogP contribution in [0.25, 0.3) is 0 Å². The van der Waals surface area contributed by atoms with Crippen LogP contribution >= 0.6 is 0 Å². The average Bonchev–Trinajstić information content (AvgIpc) is 2.34. The quantitative estimate of drug-likeness (QED) is 0.542. The van der Waals surface area contributed by atoms with Crippen molar-refractivity contribution in [2.24, 2.45) is 0 Å². The molecule has 0 aromatic heterocycles. The van der Waals surface area contributed by atoms with E-state index in [4.69, 9.17) is 4.84 Å². The fourth-order valence-electron chi connectivity index (χ4n) is 1.17. The van der Waals surface area contributed by atoms with E-state index in [9.17, 15) is 14.4 Å². The summed E-state index contributed by atoms with van der Waals surface area (Å²) in [7, 11) is 1.38. The highest BCUT2D eigenvalue weighted by atomic mass is 16.7. The van der Waals surface area contributed by atoms with E-state index in [1.165, 1.54) is 19.2 Å². The first-order chi connectivity index (χ1) is 7.70. The highest BCUT2D eigenvalue weighted by Gasteiger charge is 2.15. The monoisotopic (exact) mass is 221 g/mol. The minimum absolute atomic E-state index is 0.203. The van der Waals surface area contributed by atoms with Gasteiger partial charge in [-0.3, -0.25) is 14.4 Å². The first kappa shape index (κ1) is 12.1. The molecule has 1 aromatic carbocycles. The second kappa shape index (κ2) is 5.77. The molecule has 1 aromatic rings. The van der Waals surface area contributed by atoms with Gasteiger partial charge in [-0.05, 0) is 6.07 Å². The third-order valence-corrected chi connectivity index (χ3v) is 1.94. The number of amides is 1. The molecule has 0 aliphatic carbocycles. The van der Waals surface area contributed by atoms with Crippen LogP contribution in [0, 0.1) is 0 Å². The Morgan fingerprint density at radius 1 is 1.38 bits per heavy atom. The molecule has 84 valence electrons. The van der Waals surface area contributed by atoms with E-state index in [1.807, 2.05) is 0 Å². The van der Waals surface area contributed by atoms with Gasteiger partial charge in [0.1, 0.15) is 12.9 Å². The van der Waals surface area contributed by atoms with E-state index >= 15 is 0 Å². The molecule has 1 rings (SSSR count). The van der Waals surface area contributed by atoms with Gasteiger partial charge in [-0.1, -0.05) is 18.2 Å². The zero-order chi connectivity index (χ0) is 12.0. The second-order valence-corrected chi connectivity index (χ2v) is 2.97. The number of hydrogen-bond donors (Lipinski definition) is 0. The Kier molecular flexibility index (Phi) is 4.35. The molecule has 0 saturated heterocycles. The van der Waals surface area contributed by atoms with Crippen molar-refractivity contribution in [1.29, 1.82) is 0 Å². The van der Waals surface area contributed by atoms with Gasteiger partial charge in [0, 0.05) is 12.6 Å². The SMILES string of the molecule is CN(OCC=O)C(=O)c1ccccc1C=O. The Morgan fingerprint density at radius 2 is 2.06 bits per heavy atom. The minimum Gasteiger partial charge on any atom is -0.301 e. The van der Waals surface area contributed by atoms with E-state index in [0.29, 0.717) is 12.6 Å². The Labute approximate surface area is 92.6 Å². The minimum atomic E-state index is -0.468. The van der Waals surface area contributed by atoms with Crippen LogP contribution in [-0.2, 0) is 9.63 Å². The Bertz CT molecular complexity index is 403. The van der Waals surface area contributed by atoms with Crippen molar-refractivity contribution in [3.05, 3.63) is 35.4 Å². The summed E-state index contributed by atoms with van der Waals surface area (Å²) in [5, 5.41) is 0.927.